The van der Waals surface area contributed by atoms with Crippen molar-refractivity contribution in [3.8, 4) is 0 Å². The number of benzene rings is 1. The van der Waals surface area contributed by atoms with Crippen molar-refractivity contribution in [1.82, 2.24) is 5.32 Å². The molecule has 0 saturated carbocycles. The Morgan fingerprint density at radius 1 is 1.48 bits per heavy atom. The molecule has 5 nitrogen and oxygen atoms in total. The standard InChI is InChI=1S/C14H17BrN2O3S/c1-14(2,3)20-13(19)17-10-7-21-11-6-8(15)4-5-9(11)16-12(10)18/h4-6,10H,7H2,1-3H3,(H,16,18)(H,17,19)/t10-/m0/s1. The van der Waals surface area contributed by atoms with Crippen molar-refractivity contribution >= 4 is 45.4 Å². The highest BCUT2D eigenvalue weighted by Gasteiger charge is 2.27. The van der Waals surface area contributed by atoms with Gasteiger partial charge in [0.25, 0.3) is 0 Å². The van der Waals surface area contributed by atoms with Gasteiger partial charge in [-0.05, 0) is 39.0 Å². The molecule has 0 unspecified atom stereocenters. The Labute approximate surface area is 136 Å². The van der Waals surface area contributed by atoms with E-state index in [0.717, 1.165) is 15.1 Å². The molecule has 0 saturated heterocycles. The van der Waals surface area contributed by atoms with Crippen molar-refractivity contribution in [2.45, 2.75) is 37.3 Å². The summed E-state index contributed by atoms with van der Waals surface area (Å²) in [5.74, 6) is 0.212. The van der Waals surface area contributed by atoms with Gasteiger partial charge in [0.2, 0.25) is 5.91 Å². The van der Waals surface area contributed by atoms with Crippen LogP contribution in [0.25, 0.3) is 0 Å². The van der Waals surface area contributed by atoms with Gasteiger partial charge in [0, 0.05) is 15.1 Å². The summed E-state index contributed by atoms with van der Waals surface area (Å²) in [6, 6.07) is 5.01. The third kappa shape index (κ3) is 4.64. The summed E-state index contributed by atoms with van der Waals surface area (Å²) in [6.07, 6.45) is -0.588. The summed E-state index contributed by atoms with van der Waals surface area (Å²) in [7, 11) is 0. The fraction of sp³-hybridized carbons (Fsp3) is 0.429. The van der Waals surface area contributed by atoms with Gasteiger partial charge in [-0.1, -0.05) is 15.9 Å². The lowest BCUT2D eigenvalue weighted by molar-refractivity contribution is -0.117. The van der Waals surface area contributed by atoms with E-state index in [-0.39, 0.29) is 5.91 Å². The van der Waals surface area contributed by atoms with E-state index in [9.17, 15) is 9.59 Å². The van der Waals surface area contributed by atoms with Crippen molar-refractivity contribution in [1.29, 1.82) is 0 Å². The largest absolute Gasteiger partial charge is 0.444 e. The first-order valence-corrected chi connectivity index (χ1v) is 8.25. The number of hydrogen-bond acceptors (Lipinski definition) is 4. The number of hydrogen-bond donors (Lipinski definition) is 2. The fourth-order valence-electron chi connectivity index (χ4n) is 1.74. The van der Waals surface area contributed by atoms with Crippen LogP contribution < -0.4 is 10.6 Å². The van der Waals surface area contributed by atoms with Gasteiger partial charge in [-0.2, -0.15) is 0 Å². The van der Waals surface area contributed by atoms with Gasteiger partial charge in [-0.3, -0.25) is 4.79 Å². The molecule has 1 atom stereocenters. The maximum absolute atomic E-state index is 12.2. The highest BCUT2D eigenvalue weighted by Crippen LogP contribution is 2.33. The molecule has 1 aliphatic rings. The molecule has 1 aliphatic heterocycles. The van der Waals surface area contributed by atoms with Crippen LogP contribution in [0.1, 0.15) is 20.8 Å². The van der Waals surface area contributed by atoms with Gasteiger partial charge < -0.3 is 15.4 Å². The topological polar surface area (TPSA) is 67.4 Å². The van der Waals surface area contributed by atoms with Crippen LogP contribution in [0, 0.1) is 0 Å². The van der Waals surface area contributed by atoms with Crippen LogP contribution in [0.3, 0.4) is 0 Å². The SMILES string of the molecule is CC(C)(C)OC(=O)N[C@H]1CSc2cc(Br)ccc2NC1=O. The van der Waals surface area contributed by atoms with Crippen LogP contribution in [-0.4, -0.2) is 29.4 Å². The molecule has 114 valence electrons. The van der Waals surface area contributed by atoms with Gasteiger partial charge in [0.05, 0.1) is 5.69 Å². The van der Waals surface area contributed by atoms with Gasteiger partial charge >= 0.3 is 6.09 Å². The van der Waals surface area contributed by atoms with E-state index < -0.39 is 17.7 Å². The van der Waals surface area contributed by atoms with Crippen molar-refractivity contribution in [3.05, 3.63) is 22.7 Å². The summed E-state index contributed by atoms with van der Waals surface area (Å²) in [5.41, 5.74) is 0.161. The minimum Gasteiger partial charge on any atom is -0.444 e. The fourth-order valence-corrected chi connectivity index (χ4v) is 3.32. The summed E-state index contributed by atoms with van der Waals surface area (Å²) in [5, 5.41) is 5.43. The smallest absolute Gasteiger partial charge is 0.408 e. The first kappa shape index (κ1) is 16.2. The van der Waals surface area contributed by atoms with Crippen LogP contribution in [0.4, 0.5) is 10.5 Å². The molecule has 2 N–H and O–H groups in total. The number of fused-ring (bicyclic) bond motifs is 1. The highest BCUT2D eigenvalue weighted by molar-refractivity contribution is 9.10. The molecule has 0 aromatic heterocycles. The minimum atomic E-state index is -0.629. The van der Waals surface area contributed by atoms with Gasteiger partial charge in [0.15, 0.2) is 0 Å². The van der Waals surface area contributed by atoms with E-state index in [4.69, 9.17) is 4.74 Å². The lowest BCUT2D eigenvalue weighted by atomic mass is 10.2. The number of ether oxygens (including phenoxy) is 1. The molecule has 0 spiro atoms. The van der Waals surface area contributed by atoms with Crippen molar-refractivity contribution in [2.75, 3.05) is 11.1 Å². The summed E-state index contributed by atoms with van der Waals surface area (Å²) < 4.78 is 6.12. The first-order valence-electron chi connectivity index (χ1n) is 6.47. The number of carbonyl (C=O) groups is 2. The molecular formula is C14H17BrN2O3S. The molecule has 0 bridgehead atoms. The third-order valence-electron chi connectivity index (χ3n) is 2.61. The zero-order valence-corrected chi connectivity index (χ0v) is 14.4. The van der Waals surface area contributed by atoms with Crippen LogP contribution in [0.2, 0.25) is 0 Å². The van der Waals surface area contributed by atoms with E-state index in [1.54, 1.807) is 20.8 Å². The van der Waals surface area contributed by atoms with E-state index in [0.29, 0.717) is 5.75 Å². The highest BCUT2D eigenvalue weighted by atomic mass is 79.9. The number of carbonyl (C=O) groups excluding carboxylic acids is 2. The Hall–Kier alpha value is -1.21. The lowest BCUT2D eigenvalue weighted by Crippen LogP contribution is -2.46. The monoisotopic (exact) mass is 372 g/mol. The number of rotatable bonds is 1. The van der Waals surface area contributed by atoms with Gasteiger partial charge in [0.1, 0.15) is 11.6 Å². The predicted octanol–water partition coefficient (Wildman–Crippen LogP) is 3.39. The van der Waals surface area contributed by atoms with Crippen LogP contribution in [0.15, 0.2) is 27.6 Å². The van der Waals surface area contributed by atoms with E-state index in [1.165, 1.54) is 11.8 Å². The average molecular weight is 373 g/mol. The number of amides is 2. The molecule has 0 fully saturated rings. The van der Waals surface area contributed by atoms with E-state index in [2.05, 4.69) is 26.6 Å². The Kier molecular flexibility index (Phi) is 4.83. The van der Waals surface area contributed by atoms with Crippen molar-refractivity contribution < 1.29 is 14.3 Å². The molecule has 2 amide bonds. The van der Waals surface area contributed by atoms with Gasteiger partial charge in [-0.15, -0.1) is 11.8 Å². The third-order valence-corrected chi connectivity index (χ3v) is 4.26. The number of anilines is 1. The number of nitrogens with one attached hydrogen (secondary N) is 2. The van der Waals surface area contributed by atoms with Crippen molar-refractivity contribution in [2.24, 2.45) is 0 Å². The number of thioether (sulfide) groups is 1. The first-order chi connectivity index (χ1) is 9.74. The zero-order valence-electron chi connectivity index (χ0n) is 12.0. The molecule has 1 heterocycles. The zero-order chi connectivity index (χ0) is 15.6. The van der Waals surface area contributed by atoms with Gasteiger partial charge in [-0.25, -0.2) is 4.79 Å². The molecule has 1 aromatic carbocycles. The lowest BCUT2D eigenvalue weighted by Gasteiger charge is -2.22. The molecular weight excluding hydrogens is 356 g/mol. The Morgan fingerprint density at radius 3 is 2.86 bits per heavy atom. The molecule has 0 aliphatic carbocycles. The Morgan fingerprint density at radius 2 is 2.19 bits per heavy atom. The van der Waals surface area contributed by atoms with Crippen LogP contribution in [-0.2, 0) is 9.53 Å². The molecule has 21 heavy (non-hydrogen) atoms. The molecule has 1 aromatic rings. The second-order valence-electron chi connectivity index (χ2n) is 5.64. The molecule has 0 radical (unpaired) electrons. The summed E-state index contributed by atoms with van der Waals surface area (Å²) in [4.78, 5) is 24.9. The molecule has 7 heteroatoms. The van der Waals surface area contributed by atoms with E-state index >= 15 is 0 Å². The maximum Gasteiger partial charge on any atom is 0.408 e. The number of alkyl carbamates (subject to hydrolysis) is 1. The second-order valence-corrected chi connectivity index (χ2v) is 7.62. The summed E-state index contributed by atoms with van der Waals surface area (Å²) >= 11 is 4.92. The predicted molar refractivity (Wildman–Crippen MR) is 86.7 cm³/mol. The second kappa shape index (κ2) is 6.27. The Bertz CT molecular complexity index is 572. The van der Waals surface area contributed by atoms with Crippen molar-refractivity contribution in [3.63, 3.8) is 0 Å². The maximum atomic E-state index is 12.2. The van der Waals surface area contributed by atoms with Crippen LogP contribution in [0.5, 0.6) is 0 Å². The number of halogens is 1. The minimum absolute atomic E-state index is 0.241. The normalized spacial score (nSPS) is 18.3. The van der Waals surface area contributed by atoms with E-state index in [1.807, 2.05) is 18.2 Å². The van der Waals surface area contributed by atoms with Crippen LogP contribution >= 0.6 is 27.7 Å². The molecule has 2 rings (SSSR count). The Balaban J connectivity index is 2.05. The average Bonchev–Trinajstić information content (AvgIpc) is 2.48. The quantitative estimate of drug-likeness (QED) is 0.792. The summed E-state index contributed by atoms with van der Waals surface area (Å²) in [6.45, 7) is 5.34.